The maximum atomic E-state index is 12.7. The fourth-order valence-corrected chi connectivity index (χ4v) is 2.55. The number of hydrogen-bond acceptors (Lipinski definition) is 5. The van der Waals surface area contributed by atoms with Gasteiger partial charge in [-0.05, 0) is 19.8 Å². The first-order chi connectivity index (χ1) is 9.22. The molecule has 2 heterocycles. The van der Waals surface area contributed by atoms with E-state index in [4.69, 9.17) is 14.5 Å². The number of rotatable bonds is 3. The molecule has 0 spiro atoms. The molecule has 0 unspecified atom stereocenters. The number of carbonyl (C=O) groups is 2. The van der Waals surface area contributed by atoms with Gasteiger partial charge in [0.15, 0.2) is 5.60 Å². The summed E-state index contributed by atoms with van der Waals surface area (Å²) in [7, 11) is 0. The Morgan fingerprint density at radius 2 is 2.10 bits per heavy atom. The van der Waals surface area contributed by atoms with E-state index in [-0.39, 0.29) is 18.6 Å². The number of amides is 2. The van der Waals surface area contributed by atoms with Gasteiger partial charge in [0.1, 0.15) is 12.2 Å². The van der Waals surface area contributed by atoms with E-state index < -0.39 is 23.2 Å². The van der Waals surface area contributed by atoms with Crippen LogP contribution in [0.5, 0.6) is 0 Å². The van der Waals surface area contributed by atoms with E-state index in [0.717, 1.165) is 4.90 Å². The zero-order valence-corrected chi connectivity index (χ0v) is 12.3. The van der Waals surface area contributed by atoms with Crippen LogP contribution in [0.4, 0.5) is 4.79 Å². The SMILES string of the molecule is C=C[C@]1(C)C[C@](C)(C(=O)N2C(=O)OC[C@@H]2C(C)C)OO1. The molecule has 2 aliphatic heterocycles. The highest BCUT2D eigenvalue weighted by molar-refractivity contribution is 5.98. The highest BCUT2D eigenvalue weighted by atomic mass is 17.2. The maximum Gasteiger partial charge on any atom is 0.417 e. The van der Waals surface area contributed by atoms with Crippen LogP contribution < -0.4 is 0 Å². The van der Waals surface area contributed by atoms with Crippen molar-refractivity contribution in [1.29, 1.82) is 0 Å². The van der Waals surface area contributed by atoms with Crippen molar-refractivity contribution in [3.8, 4) is 0 Å². The molecule has 0 aromatic carbocycles. The molecule has 6 nitrogen and oxygen atoms in total. The van der Waals surface area contributed by atoms with E-state index in [2.05, 4.69) is 6.58 Å². The van der Waals surface area contributed by atoms with Crippen molar-refractivity contribution in [3.05, 3.63) is 12.7 Å². The molecule has 3 atom stereocenters. The third-order valence-electron chi connectivity index (χ3n) is 3.88. The van der Waals surface area contributed by atoms with Crippen LogP contribution in [0.2, 0.25) is 0 Å². The van der Waals surface area contributed by atoms with Crippen LogP contribution in [0.1, 0.15) is 34.1 Å². The summed E-state index contributed by atoms with van der Waals surface area (Å²) in [6.45, 7) is 11.2. The molecule has 0 saturated carbocycles. The minimum absolute atomic E-state index is 0.113. The molecule has 2 fully saturated rings. The summed E-state index contributed by atoms with van der Waals surface area (Å²) < 4.78 is 4.99. The van der Waals surface area contributed by atoms with Gasteiger partial charge in [-0.15, -0.1) is 6.58 Å². The lowest BCUT2D eigenvalue weighted by atomic mass is 9.89. The monoisotopic (exact) mass is 283 g/mol. The average Bonchev–Trinajstić information content (AvgIpc) is 2.91. The first kappa shape index (κ1) is 15.0. The first-order valence-electron chi connectivity index (χ1n) is 6.73. The van der Waals surface area contributed by atoms with E-state index in [1.807, 2.05) is 13.8 Å². The smallest absolute Gasteiger partial charge is 0.417 e. The Labute approximate surface area is 118 Å². The second kappa shape index (κ2) is 4.86. The van der Waals surface area contributed by atoms with Gasteiger partial charge in [-0.2, -0.15) is 0 Å². The third-order valence-corrected chi connectivity index (χ3v) is 3.88. The Bertz CT molecular complexity index is 449. The molecule has 0 radical (unpaired) electrons. The summed E-state index contributed by atoms with van der Waals surface area (Å²) in [5.41, 5.74) is -1.94. The van der Waals surface area contributed by atoms with Crippen LogP contribution in [0, 0.1) is 5.92 Å². The molecule has 2 aliphatic rings. The summed E-state index contributed by atoms with van der Waals surface area (Å²) >= 11 is 0. The van der Waals surface area contributed by atoms with Gasteiger partial charge in [-0.1, -0.05) is 19.9 Å². The fraction of sp³-hybridized carbons (Fsp3) is 0.714. The van der Waals surface area contributed by atoms with Crippen LogP contribution >= 0.6 is 0 Å². The lowest BCUT2D eigenvalue weighted by Gasteiger charge is -2.29. The van der Waals surface area contributed by atoms with Gasteiger partial charge < -0.3 is 4.74 Å². The van der Waals surface area contributed by atoms with Crippen molar-refractivity contribution in [1.82, 2.24) is 4.90 Å². The second-order valence-electron chi connectivity index (χ2n) is 6.15. The zero-order valence-electron chi connectivity index (χ0n) is 12.3. The van der Waals surface area contributed by atoms with Gasteiger partial charge in [0, 0.05) is 6.42 Å². The molecule has 0 aliphatic carbocycles. The van der Waals surface area contributed by atoms with Crippen molar-refractivity contribution in [2.45, 2.75) is 51.4 Å². The van der Waals surface area contributed by atoms with Gasteiger partial charge in [-0.25, -0.2) is 19.5 Å². The molecule has 0 aromatic rings. The van der Waals surface area contributed by atoms with Crippen LogP contribution in [-0.4, -0.2) is 40.8 Å². The number of hydrogen-bond donors (Lipinski definition) is 0. The predicted molar refractivity (Wildman–Crippen MR) is 70.6 cm³/mol. The third kappa shape index (κ3) is 2.33. The van der Waals surface area contributed by atoms with Crippen LogP contribution in [0.15, 0.2) is 12.7 Å². The summed E-state index contributed by atoms with van der Waals surface area (Å²) in [5.74, 6) is -0.314. The molecule has 2 saturated heterocycles. The zero-order chi connectivity index (χ0) is 15.1. The van der Waals surface area contributed by atoms with Crippen molar-refractivity contribution in [2.75, 3.05) is 6.61 Å². The van der Waals surface area contributed by atoms with Crippen LogP contribution in [0.25, 0.3) is 0 Å². The van der Waals surface area contributed by atoms with E-state index in [0.29, 0.717) is 6.42 Å². The summed E-state index contributed by atoms with van der Waals surface area (Å²) in [4.78, 5) is 36.1. The Kier molecular flexibility index (Phi) is 3.64. The lowest BCUT2D eigenvalue weighted by molar-refractivity contribution is -0.329. The minimum atomic E-state index is -1.21. The summed E-state index contributed by atoms with van der Waals surface area (Å²) in [6, 6.07) is -0.272. The summed E-state index contributed by atoms with van der Waals surface area (Å²) in [6.07, 6.45) is 1.27. The van der Waals surface area contributed by atoms with Crippen LogP contribution in [-0.2, 0) is 19.3 Å². The molecule has 112 valence electrons. The maximum absolute atomic E-state index is 12.7. The van der Waals surface area contributed by atoms with Crippen molar-refractivity contribution >= 4 is 12.0 Å². The number of imide groups is 1. The lowest BCUT2D eigenvalue weighted by Crippen LogP contribution is -2.52. The molecule has 2 rings (SSSR count). The predicted octanol–water partition coefficient (Wildman–Crippen LogP) is 2.05. The Morgan fingerprint density at radius 1 is 1.45 bits per heavy atom. The molecule has 20 heavy (non-hydrogen) atoms. The van der Waals surface area contributed by atoms with Gasteiger partial charge in [0.05, 0.1) is 6.04 Å². The normalized spacial score (nSPS) is 37.4. The summed E-state index contributed by atoms with van der Waals surface area (Å²) in [5, 5.41) is 0. The number of nitrogens with zero attached hydrogens (tertiary/aromatic N) is 1. The number of cyclic esters (lactones) is 1. The Hall–Kier alpha value is -1.40. The topological polar surface area (TPSA) is 65.1 Å². The van der Waals surface area contributed by atoms with Crippen molar-refractivity contribution in [3.63, 3.8) is 0 Å². The molecule has 0 N–H and O–H groups in total. The van der Waals surface area contributed by atoms with E-state index in [1.165, 1.54) is 0 Å². The van der Waals surface area contributed by atoms with Gasteiger partial charge in [-0.3, -0.25) is 4.79 Å². The molecular formula is C14H21NO5. The molecule has 6 heteroatoms. The van der Waals surface area contributed by atoms with E-state index >= 15 is 0 Å². The molecular weight excluding hydrogens is 262 g/mol. The highest BCUT2D eigenvalue weighted by Crippen LogP contribution is 2.39. The van der Waals surface area contributed by atoms with Gasteiger partial charge in [0.2, 0.25) is 0 Å². The largest absolute Gasteiger partial charge is 0.447 e. The Morgan fingerprint density at radius 3 is 2.60 bits per heavy atom. The standard InChI is InChI=1S/C14H21NO5/c1-6-13(4)8-14(5,20-19-13)11(16)15-10(9(2)3)7-18-12(15)17/h6,9-10H,1,7-8H2,2-5H3/t10-,13-,14-/m1/s1. The number of carbonyl (C=O) groups excluding carboxylic acids is 2. The highest BCUT2D eigenvalue weighted by Gasteiger charge is 2.55. The van der Waals surface area contributed by atoms with E-state index in [9.17, 15) is 9.59 Å². The molecule has 0 aromatic heterocycles. The fourth-order valence-electron chi connectivity index (χ4n) is 2.55. The minimum Gasteiger partial charge on any atom is -0.447 e. The van der Waals surface area contributed by atoms with Crippen molar-refractivity contribution in [2.24, 2.45) is 5.92 Å². The quantitative estimate of drug-likeness (QED) is 0.586. The average molecular weight is 283 g/mol. The Balaban J connectivity index is 2.22. The number of ether oxygens (including phenoxy) is 1. The van der Waals surface area contributed by atoms with Gasteiger partial charge in [0.25, 0.3) is 5.91 Å². The molecule has 2 amide bonds. The second-order valence-corrected chi connectivity index (χ2v) is 6.15. The van der Waals surface area contributed by atoms with Crippen LogP contribution in [0.3, 0.4) is 0 Å². The molecule has 0 bridgehead atoms. The van der Waals surface area contributed by atoms with E-state index in [1.54, 1.807) is 19.9 Å². The van der Waals surface area contributed by atoms with Gasteiger partial charge >= 0.3 is 6.09 Å². The first-order valence-corrected chi connectivity index (χ1v) is 6.73. The van der Waals surface area contributed by atoms with Crippen molar-refractivity contribution < 1.29 is 24.1 Å².